The van der Waals surface area contributed by atoms with E-state index < -0.39 is 0 Å². The van der Waals surface area contributed by atoms with Crippen LogP contribution in [0, 0.1) is 6.92 Å². The summed E-state index contributed by atoms with van der Waals surface area (Å²) in [6.45, 7) is 1.85. The Labute approximate surface area is 133 Å². The molecule has 0 spiro atoms. The Morgan fingerprint density at radius 2 is 1.95 bits per heavy atom. The van der Waals surface area contributed by atoms with Crippen LogP contribution < -0.4 is 5.32 Å². The molecule has 0 radical (unpaired) electrons. The monoisotopic (exact) mass is 347 g/mol. The lowest BCUT2D eigenvalue weighted by atomic mass is 10.1. The van der Waals surface area contributed by atoms with E-state index in [9.17, 15) is 9.90 Å². The largest absolute Gasteiger partial charge is 0.394 e. The van der Waals surface area contributed by atoms with Gasteiger partial charge >= 0.3 is 0 Å². The van der Waals surface area contributed by atoms with Crippen molar-refractivity contribution in [2.24, 2.45) is 0 Å². The second-order valence-electron chi connectivity index (χ2n) is 5.03. The Bertz CT molecular complexity index is 613. The number of halogens is 1. The summed E-state index contributed by atoms with van der Waals surface area (Å²) in [6, 6.07) is 15.1. The van der Waals surface area contributed by atoms with E-state index in [0.29, 0.717) is 12.0 Å². The number of hydrogen-bond donors (Lipinski definition) is 2. The van der Waals surface area contributed by atoms with Gasteiger partial charge in [0.05, 0.1) is 18.2 Å². The summed E-state index contributed by atoms with van der Waals surface area (Å²) in [5, 5.41) is 12.4. The third-order valence-corrected chi connectivity index (χ3v) is 3.94. The summed E-state index contributed by atoms with van der Waals surface area (Å²) in [5.41, 5.74) is 2.69. The van der Waals surface area contributed by atoms with Crippen molar-refractivity contribution in [3.05, 3.63) is 69.7 Å². The van der Waals surface area contributed by atoms with Gasteiger partial charge in [-0.2, -0.15) is 0 Å². The van der Waals surface area contributed by atoms with Gasteiger partial charge in [0.2, 0.25) is 0 Å². The standard InChI is InChI=1S/C17H18BrNO2/c1-12-7-8-16(18)15(9-12)17(21)19-14(11-20)10-13-5-3-2-4-6-13/h2-9,14,20H,10-11H2,1H3,(H,19,21). The Morgan fingerprint density at radius 1 is 1.24 bits per heavy atom. The van der Waals surface area contributed by atoms with E-state index in [4.69, 9.17) is 0 Å². The van der Waals surface area contributed by atoms with Crippen LogP contribution in [0.5, 0.6) is 0 Å². The lowest BCUT2D eigenvalue weighted by molar-refractivity contribution is 0.0915. The molecule has 2 N–H and O–H groups in total. The van der Waals surface area contributed by atoms with Gasteiger partial charge in [0.15, 0.2) is 0 Å². The first kappa shape index (κ1) is 15.7. The molecule has 4 heteroatoms. The smallest absolute Gasteiger partial charge is 0.252 e. The second kappa shape index (κ2) is 7.38. The number of aliphatic hydroxyl groups is 1. The summed E-state index contributed by atoms with van der Waals surface area (Å²) < 4.78 is 0.752. The third kappa shape index (κ3) is 4.41. The van der Waals surface area contributed by atoms with Gasteiger partial charge in [0, 0.05) is 4.47 Å². The summed E-state index contributed by atoms with van der Waals surface area (Å²) in [4.78, 5) is 12.3. The Hall–Kier alpha value is -1.65. The van der Waals surface area contributed by atoms with E-state index >= 15 is 0 Å². The van der Waals surface area contributed by atoms with Crippen molar-refractivity contribution in [2.75, 3.05) is 6.61 Å². The molecule has 0 saturated heterocycles. The van der Waals surface area contributed by atoms with Crippen molar-refractivity contribution in [2.45, 2.75) is 19.4 Å². The van der Waals surface area contributed by atoms with Crippen molar-refractivity contribution in [3.63, 3.8) is 0 Å². The molecule has 2 aromatic rings. The van der Waals surface area contributed by atoms with Crippen LogP contribution in [0.4, 0.5) is 0 Å². The molecular weight excluding hydrogens is 330 g/mol. The maximum absolute atomic E-state index is 12.3. The molecule has 1 amide bonds. The number of carbonyl (C=O) groups is 1. The molecule has 3 nitrogen and oxygen atoms in total. The highest BCUT2D eigenvalue weighted by Crippen LogP contribution is 2.18. The molecule has 0 heterocycles. The minimum absolute atomic E-state index is 0.0932. The molecule has 0 aliphatic carbocycles. The van der Waals surface area contributed by atoms with Crippen LogP contribution >= 0.6 is 15.9 Å². The number of benzene rings is 2. The van der Waals surface area contributed by atoms with Gasteiger partial charge in [0.1, 0.15) is 0 Å². The topological polar surface area (TPSA) is 49.3 Å². The molecule has 0 aromatic heterocycles. The van der Waals surface area contributed by atoms with Crippen LogP contribution in [0.15, 0.2) is 53.0 Å². The van der Waals surface area contributed by atoms with E-state index in [1.54, 1.807) is 0 Å². The first-order chi connectivity index (χ1) is 10.1. The lowest BCUT2D eigenvalue weighted by Gasteiger charge is -2.17. The van der Waals surface area contributed by atoms with Gasteiger partial charge in [-0.3, -0.25) is 4.79 Å². The van der Waals surface area contributed by atoms with Crippen molar-refractivity contribution >= 4 is 21.8 Å². The first-order valence-corrected chi connectivity index (χ1v) is 7.61. The number of aryl methyl sites for hydroxylation is 1. The molecular formula is C17H18BrNO2. The molecule has 2 rings (SSSR count). The van der Waals surface area contributed by atoms with Crippen LogP contribution in [-0.4, -0.2) is 23.7 Å². The number of hydrogen-bond acceptors (Lipinski definition) is 2. The number of rotatable bonds is 5. The van der Waals surface area contributed by atoms with Gasteiger partial charge in [-0.05, 0) is 47.0 Å². The molecule has 0 aliphatic rings. The number of aliphatic hydroxyl groups excluding tert-OH is 1. The van der Waals surface area contributed by atoms with Gasteiger partial charge < -0.3 is 10.4 Å². The zero-order chi connectivity index (χ0) is 15.2. The molecule has 0 bridgehead atoms. The predicted molar refractivity (Wildman–Crippen MR) is 87.4 cm³/mol. The van der Waals surface area contributed by atoms with Crippen LogP contribution in [0.1, 0.15) is 21.5 Å². The normalized spacial score (nSPS) is 12.0. The highest BCUT2D eigenvalue weighted by molar-refractivity contribution is 9.10. The summed E-state index contributed by atoms with van der Waals surface area (Å²) >= 11 is 3.39. The average Bonchev–Trinajstić information content (AvgIpc) is 2.50. The third-order valence-electron chi connectivity index (χ3n) is 3.25. The SMILES string of the molecule is Cc1ccc(Br)c(C(=O)NC(CO)Cc2ccccc2)c1. The van der Waals surface area contributed by atoms with Crippen molar-refractivity contribution < 1.29 is 9.90 Å². The van der Waals surface area contributed by atoms with Gasteiger partial charge in [-0.15, -0.1) is 0 Å². The maximum Gasteiger partial charge on any atom is 0.252 e. The van der Waals surface area contributed by atoms with Crippen molar-refractivity contribution in [1.29, 1.82) is 0 Å². The molecule has 110 valence electrons. The van der Waals surface area contributed by atoms with E-state index in [1.807, 2.05) is 55.5 Å². The van der Waals surface area contributed by atoms with E-state index in [1.165, 1.54) is 0 Å². The Balaban J connectivity index is 2.07. The quantitative estimate of drug-likeness (QED) is 0.872. The lowest BCUT2D eigenvalue weighted by Crippen LogP contribution is -2.39. The molecule has 1 unspecified atom stereocenters. The number of nitrogens with one attached hydrogen (secondary N) is 1. The molecule has 1 atom stereocenters. The van der Waals surface area contributed by atoms with Gasteiger partial charge in [-0.25, -0.2) is 0 Å². The predicted octanol–water partition coefficient (Wildman–Crippen LogP) is 3.09. The molecule has 0 fully saturated rings. The molecule has 0 aliphatic heterocycles. The highest BCUT2D eigenvalue weighted by Gasteiger charge is 2.15. The fourth-order valence-corrected chi connectivity index (χ4v) is 2.56. The van der Waals surface area contributed by atoms with Crippen molar-refractivity contribution in [3.8, 4) is 0 Å². The summed E-state index contributed by atoms with van der Waals surface area (Å²) in [5.74, 6) is -0.180. The van der Waals surface area contributed by atoms with Crippen LogP contribution in [0.25, 0.3) is 0 Å². The van der Waals surface area contributed by atoms with Crippen LogP contribution in [0.2, 0.25) is 0 Å². The molecule has 21 heavy (non-hydrogen) atoms. The summed E-state index contributed by atoms with van der Waals surface area (Å²) in [6.07, 6.45) is 0.604. The fraction of sp³-hybridized carbons (Fsp3) is 0.235. The fourth-order valence-electron chi connectivity index (χ4n) is 2.14. The highest BCUT2D eigenvalue weighted by atomic mass is 79.9. The minimum Gasteiger partial charge on any atom is -0.394 e. The minimum atomic E-state index is -0.299. The van der Waals surface area contributed by atoms with Gasteiger partial charge in [0.25, 0.3) is 5.91 Å². The second-order valence-corrected chi connectivity index (χ2v) is 5.88. The zero-order valence-electron chi connectivity index (χ0n) is 11.8. The Kier molecular flexibility index (Phi) is 5.53. The number of carbonyl (C=O) groups excluding carboxylic acids is 1. The molecule has 2 aromatic carbocycles. The van der Waals surface area contributed by atoms with Gasteiger partial charge in [-0.1, -0.05) is 42.0 Å². The maximum atomic E-state index is 12.3. The van der Waals surface area contributed by atoms with E-state index in [2.05, 4.69) is 21.2 Å². The molecule has 0 saturated carbocycles. The van der Waals surface area contributed by atoms with E-state index in [0.717, 1.165) is 15.6 Å². The number of amides is 1. The first-order valence-electron chi connectivity index (χ1n) is 6.82. The van der Waals surface area contributed by atoms with Crippen LogP contribution in [0.3, 0.4) is 0 Å². The summed E-state index contributed by atoms with van der Waals surface area (Å²) in [7, 11) is 0. The zero-order valence-corrected chi connectivity index (χ0v) is 13.4. The van der Waals surface area contributed by atoms with Crippen molar-refractivity contribution in [1.82, 2.24) is 5.32 Å². The van der Waals surface area contributed by atoms with Crippen LogP contribution in [-0.2, 0) is 6.42 Å². The average molecular weight is 348 g/mol. The van der Waals surface area contributed by atoms with E-state index in [-0.39, 0.29) is 18.6 Å². The Morgan fingerprint density at radius 3 is 2.62 bits per heavy atom.